The number of carbonyl (C=O) groups is 1. The minimum Gasteiger partial charge on any atom is -0.497 e. The summed E-state index contributed by atoms with van der Waals surface area (Å²) in [4.78, 5) is 12.3. The highest BCUT2D eigenvalue weighted by Crippen LogP contribution is 2.37. The number of hydrogen-bond donors (Lipinski definition) is 0. The van der Waals surface area contributed by atoms with Crippen molar-refractivity contribution >= 4 is 27.4 Å². The molecular weight excluding hydrogens is 476 g/mol. The number of esters is 1. The number of benzene rings is 3. The van der Waals surface area contributed by atoms with Gasteiger partial charge in [-0.3, -0.25) is 0 Å². The predicted octanol–water partition coefficient (Wildman–Crippen LogP) is 5.81. The monoisotopic (exact) mass is 502 g/mol. The first-order chi connectivity index (χ1) is 15.9. The van der Waals surface area contributed by atoms with Crippen LogP contribution in [0, 0.1) is 0 Å². The molecule has 0 amide bonds. The van der Waals surface area contributed by atoms with Gasteiger partial charge >= 0.3 is 5.97 Å². The molecule has 0 unspecified atom stereocenters. The van der Waals surface area contributed by atoms with Crippen LogP contribution in [-0.4, -0.2) is 40.0 Å². The van der Waals surface area contributed by atoms with Crippen LogP contribution in [0.4, 0.5) is 0 Å². The van der Waals surface area contributed by atoms with Gasteiger partial charge in [0.15, 0.2) is 16.4 Å². The lowest BCUT2D eigenvalue weighted by Crippen LogP contribution is -2.27. The second-order valence-electron chi connectivity index (χ2n) is 8.73. The van der Waals surface area contributed by atoms with Crippen LogP contribution in [0.15, 0.2) is 65.6 Å². The van der Waals surface area contributed by atoms with Crippen LogP contribution < -0.4 is 9.47 Å². The zero-order chi connectivity index (χ0) is 25.1. The summed E-state index contributed by atoms with van der Waals surface area (Å²) in [5, 5.41) is 0.444. The third-order valence-corrected chi connectivity index (χ3v) is 6.17. The molecule has 6 nitrogen and oxygen atoms in total. The highest BCUT2D eigenvalue weighted by molar-refractivity contribution is 7.90. The fraction of sp³-hybridized carbons (Fsp3) is 0.269. The number of rotatable bonds is 7. The summed E-state index contributed by atoms with van der Waals surface area (Å²) in [6.07, 6.45) is 1.16. The van der Waals surface area contributed by atoms with Crippen LogP contribution in [0.3, 0.4) is 0 Å². The summed E-state index contributed by atoms with van der Waals surface area (Å²) < 4.78 is 41.6. The third-order valence-electron chi connectivity index (χ3n) is 4.80. The van der Waals surface area contributed by atoms with Gasteiger partial charge in [0.25, 0.3) is 0 Å². The van der Waals surface area contributed by atoms with E-state index in [0.29, 0.717) is 33.2 Å². The highest BCUT2D eigenvalue weighted by atomic mass is 35.5. The maximum absolute atomic E-state index is 12.7. The molecule has 8 heteroatoms. The molecule has 180 valence electrons. The maximum atomic E-state index is 12.7. The normalized spacial score (nSPS) is 11.7. The third kappa shape index (κ3) is 6.52. The number of carbonyl (C=O) groups excluding carboxylic acids is 1. The average molecular weight is 503 g/mol. The molecular formula is C26H27ClO6S. The Kier molecular flexibility index (Phi) is 7.58. The number of methoxy groups -OCH3 is 1. The first-order valence-electron chi connectivity index (χ1n) is 10.5. The summed E-state index contributed by atoms with van der Waals surface area (Å²) in [6, 6.07) is 17.2. The molecule has 0 aliphatic carbocycles. The van der Waals surface area contributed by atoms with E-state index in [4.69, 9.17) is 25.8 Å². The molecule has 0 fully saturated rings. The number of ether oxygens (including phenoxy) is 3. The van der Waals surface area contributed by atoms with Crippen LogP contribution in [0.2, 0.25) is 5.02 Å². The van der Waals surface area contributed by atoms with E-state index >= 15 is 0 Å². The van der Waals surface area contributed by atoms with E-state index in [1.807, 2.05) is 0 Å². The Morgan fingerprint density at radius 1 is 0.912 bits per heavy atom. The molecule has 0 spiro atoms. The first kappa shape index (κ1) is 25.6. The van der Waals surface area contributed by atoms with Gasteiger partial charge in [-0.05, 0) is 68.3 Å². The molecule has 34 heavy (non-hydrogen) atoms. The van der Waals surface area contributed by atoms with Gasteiger partial charge in [-0.15, -0.1) is 0 Å². The molecule has 0 radical (unpaired) electrons. The molecule has 0 saturated heterocycles. The molecule has 0 bridgehead atoms. The minimum atomic E-state index is -3.58. The van der Waals surface area contributed by atoms with Gasteiger partial charge in [0.1, 0.15) is 17.1 Å². The van der Waals surface area contributed by atoms with Crippen molar-refractivity contribution in [1.29, 1.82) is 0 Å². The fourth-order valence-corrected chi connectivity index (χ4v) is 4.47. The van der Waals surface area contributed by atoms with Crippen molar-refractivity contribution in [3.05, 3.63) is 65.7 Å². The van der Waals surface area contributed by atoms with Gasteiger partial charge < -0.3 is 14.2 Å². The summed E-state index contributed by atoms with van der Waals surface area (Å²) >= 11 is 6.22. The van der Waals surface area contributed by atoms with Crippen molar-refractivity contribution in [1.82, 2.24) is 0 Å². The molecule has 3 aromatic carbocycles. The molecule has 0 heterocycles. The Balaban J connectivity index is 2.02. The van der Waals surface area contributed by atoms with E-state index in [-0.39, 0.29) is 11.5 Å². The van der Waals surface area contributed by atoms with Gasteiger partial charge in [0.05, 0.1) is 12.0 Å². The van der Waals surface area contributed by atoms with E-state index < -0.39 is 21.4 Å². The second kappa shape index (κ2) is 10.1. The second-order valence-corrected chi connectivity index (χ2v) is 11.1. The number of sulfone groups is 1. The molecule has 0 aliphatic heterocycles. The zero-order valence-electron chi connectivity index (χ0n) is 19.7. The van der Waals surface area contributed by atoms with Crippen molar-refractivity contribution in [2.45, 2.75) is 31.3 Å². The lowest BCUT2D eigenvalue weighted by molar-refractivity contribution is -0.157. The largest absolute Gasteiger partial charge is 0.497 e. The minimum absolute atomic E-state index is 0.160. The SMILES string of the molecule is COc1ccc(-c2ccc(-c3cc(Cl)ccc3OCC(=O)OC(C)(C)C)cc2S(C)(=O)=O)cc1. The van der Waals surface area contributed by atoms with Crippen LogP contribution in [-0.2, 0) is 19.4 Å². The standard InChI is InChI=1S/C26H27ClO6S/c1-26(2,3)33-25(28)16-32-23-13-9-19(27)15-22(23)18-8-12-21(24(14-18)34(5,29)30)17-6-10-20(31-4)11-7-17/h6-15H,16H2,1-5H3. The summed E-state index contributed by atoms with van der Waals surface area (Å²) in [5.41, 5.74) is 1.80. The van der Waals surface area contributed by atoms with E-state index in [2.05, 4.69) is 0 Å². The molecule has 3 rings (SSSR count). The Morgan fingerprint density at radius 3 is 2.15 bits per heavy atom. The summed E-state index contributed by atoms with van der Waals surface area (Å²) in [5.74, 6) is 0.541. The van der Waals surface area contributed by atoms with Crippen molar-refractivity contribution in [3.63, 3.8) is 0 Å². The Hall–Kier alpha value is -3.03. The van der Waals surface area contributed by atoms with E-state index in [9.17, 15) is 13.2 Å². The van der Waals surface area contributed by atoms with Crippen LogP contribution in [0.5, 0.6) is 11.5 Å². The summed E-state index contributed by atoms with van der Waals surface area (Å²) in [6.45, 7) is 5.02. The predicted molar refractivity (Wildman–Crippen MR) is 133 cm³/mol. The maximum Gasteiger partial charge on any atom is 0.344 e. The molecule has 0 saturated carbocycles. The highest BCUT2D eigenvalue weighted by Gasteiger charge is 2.20. The molecule has 0 atom stereocenters. The smallest absolute Gasteiger partial charge is 0.344 e. The van der Waals surface area contributed by atoms with Gasteiger partial charge in [-0.25, -0.2) is 13.2 Å². The van der Waals surface area contributed by atoms with Crippen molar-refractivity contribution < 1.29 is 27.4 Å². The van der Waals surface area contributed by atoms with Gasteiger partial charge in [-0.1, -0.05) is 35.9 Å². The average Bonchev–Trinajstić information content (AvgIpc) is 2.76. The molecule has 0 aromatic heterocycles. The van der Waals surface area contributed by atoms with Gasteiger partial charge in [0.2, 0.25) is 0 Å². The number of hydrogen-bond acceptors (Lipinski definition) is 6. The van der Waals surface area contributed by atoms with Gasteiger partial charge in [-0.2, -0.15) is 0 Å². The topological polar surface area (TPSA) is 78.9 Å². The summed E-state index contributed by atoms with van der Waals surface area (Å²) in [7, 11) is -2.01. The Bertz CT molecular complexity index is 1290. The molecule has 0 aliphatic rings. The van der Waals surface area contributed by atoms with Gasteiger partial charge in [0, 0.05) is 22.4 Å². The fourth-order valence-electron chi connectivity index (χ4n) is 3.37. The first-order valence-corrected chi connectivity index (χ1v) is 12.8. The van der Waals surface area contributed by atoms with E-state index in [0.717, 1.165) is 11.8 Å². The van der Waals surface area contributed by atoms with E-state index in [1.165, 1.54) is 0 Å². The van der Waals surface area contributed by atoms with Crippen molar-refractivity contribution in [2.75, 3.05) is 20.0 Å². The lowest BCUT2D eigenvalue weighted by atomic mass is 9.99. The Morgan fingerprint density at radius 2 is 1.56 bits per heavy atom. The van der Waals surface area contributed by atoms with Crippen LogP contribution in [0.25, 0.3) is 22.3 Å². The van der Waals surface area contributed by atoms with Crippen LogP contribution in [0.1, 0.15) is 20.8 Å². The van der Waals surface area contributed by atoms with Crippen molar-refractivity contribution in [3.8, 4) is 33.8 Å². The Labute approximate surface area is 205 Å². The molecule has 0 N–H and O–H groups in total. The van der Waals surface area contributed by atoms with E-state index in [1.54, 1.807) is 88.5 Å². The lowest BCUT2D eigenvalue weighted by Gasteiger charge is -2.20. The van der Waals surface area contributed by atoms with Crippen LogP contribution >= 0.6 is 11.6 Å². The quantitative estimate of drug-likeness (QED) is 0.379. The zero-order valence-corrected chi connectivity index (χ0v) is 21.3. The van der Waals surface area contributed by atoms with Crippen molar-refractivity contribution in [2.24, 2.45) is 0 Å². The number of halogens is 1. The molecule has 3 aromatic rings.